The van der Waals surface area contributed by atoms with E-state index in [1.54, 1.807) is 30.5 Å². The van der Waals surface area contributed by atoms with E-state index in [4.69, 9.17) is 0 Å². The van der Waals surface area contributed by atoms with Gasteiger partial charge in [0.25, 0.3) is 11.8 Å². The lowest BCUT2D eigenvalue weighted by molar-refractivity contribution is -0.136. The van der Waals surface area contributed by atoms with E-state index in [1.165, 1.54) is 6.07 Å². The van der Waals surface area contributed by atoms with Gasteiger partial charge in [0.15, 0.2) is 11.6 Å². The van der Waals surface area contributed by atoms with Gasteiger partial charge in [-0.3, -0.25) is 39.2 Å². The predicted octanol–water partition coefficient (Wildman–Crippen LogP) is 4.43. The van der Waals surface area contributed by atoms with E-state index < -0.39 is 41.3 Å². The molecule has 0 saturated carbocycles. The van der Waals surface area contributed by atoms with Crippen molar-refractivity contribution in [3.8, 4) is 11.3 Å². The summed E-state index contributed by atoms with van der Waals surface area (Å²) < 4.78 is 32.0. The number of anilines is 3. The fraction of sp³-hybridized carbons (Fsp3) is 0.350. The van der Waals surface area contributed by atoms with Gasteiger partial charge >= 0.3 is 0 Å². The number of fused-ring (bicyclic) bond motifs is 2. The third-order valence-corrected chi connectivity index (χ3v) is 10.6. The van der Waals surface area contributed by atoms with E-state index >= 15 is 8.78 Å². The van der Waals surface area contributed by atoms with Crippen molar-refractivity contribution in [3.05, 3.63) is 89.0 Å². The van der Waals surface area contributed by atoms with Crippen LogP contribution in [0, 0.1) is 18.6 Å². The fourth-order valence-corrected chi connectivity index (χ4v) is 7.76. The largest absolute Gasteiger partial charge is 0.384 e. The molecule has 0 radical (unpaired) electrons. The lowest BCUT2D eigenvalue weighted by Gasteiger charge is -2.34. The molecule has 3 aliphatic heterocycles. The number of imidazole rings is 1. The van der Waals surface area contributed by atoms with Gasteiger partial charge in [-0.25, -0.2) is 28.7 Å². The summed E-state index contributed by atoms with van der Waals surface area (Å²) in [5.74, 6) is -2.05. The molecular formula is C40H41F2N11O4. The quantitative estimate of drug-likeness (QED) is 0.162. The second-order valence-corrected chi connectivity index (χ2v) is 14.8. The second kappa shape index (κ2) is 15.4. The number of hydrogen-bond acceptors (Lipinski definition) is 12. The molecule has 2 aromatic carbocycles. The summed E-state index contributed by atoms with van der Waals surface area (Å²) in [6, 6.07) is 10.8. The van der Waals surface area contributed by atoms with Crippen LogP contribution in [0.25, 0.3) is 22.3 Å². The molecule has 57 heavy (non-hydrogen) atoms. The topological polar surface area (TPSA) is 171 Å². The van der Waals surface area contributed by atoms with E-state index in [0.29, 0.717) is 29.4 Å². The summed E-state index contributed by atoms with van der Waals surface area (Å²) in [6.45, 7) is 11.4. The van der Waals surface area contributed by atoms with E-state index in [2.05, 4.69) is 45.7 Å². The van der Waals surface area contributed by atoms with Crippen LogP contribution in [0.2, 0.25) is 0 Å². The maximum Gasteiger partial charge on any atom is 0.262 e. The Balaban J connectivity index is 0.815. The molecule has 3 aliphatic rings. The van der Waals surface area contributed by atoms with Gasteiger partial charge in [0, 0.05) is 75.7 Å². The minimum Gasteiger partial charge on any atom is -0.384 e. The molecule has 6 heterocycles. The summed E-state index contributed by atoms with van der Waals surface area (Å²) in [4.78, 5) is 73.1. The van der Waals surface area contributed by atoms with Gasteiger partial charge < -0.3 is 15.2 Å². The number of aromatic nitrogens is 5. The average Bonchev–Trinajstić information content (AvgIpc) is 3.66. The number of piperidine rings is 1. The molecule has 17 heteroatoms. The molecule has 8 rings (SSSR count). The number of carbonyl (C=O) groups excluding carboxylic acids is 4. The van der Waals surface area contributed by atoms with Crippen molar-refractivity contribution < 1.29 is 28.0 Å². The number of aryl methyl sites for hydroxylation is 1. The first-order chi connectivity index (χ1) is 27.4. The number of nitrogens with zero attached hydrogens (tertiary/aromatic N) is 8. The summed E-state index contributed by atoms with van der Waals surface area (Å²) in [5, 5.41) is 8.59. The first kappa shape index (κ1) is 37.7. The van der Waals surface area contributed by atoms with E-state index in [1.807, 2.05) is 37.5 Å². The lowest BCUT2D eigenvalue weighted by atomic mass is 10.0. The first-order valence-corrected chi connectivity index (χ1v) is 18.9. The van der Waals surface area contributed by atoms with E-state index in [-0.39, 0.29) is 52.7 Å². The van der Waals surface area contributed by atoms with Gasteiger partial charge in [0.05, 0.1) is 22.8 Å². The van der Waals surface area contributed by atoms with Crippen molar-refractivity contribution in [2.45, 2.75) is 52.2 Å². The van der Waals surface area contributed by atoms with Crippen LogP contribution in [-0.4, -0.2) is 108 Å². The van der Waals surface area contributed by atoms with Crippen molar-refractivity contribution in [2.75, 3.05) is 49.9 Å². The molecule has 1 atom stereocenters. The lowest BCUT2D eigenvalue weighted by Crippen LogP contribution is -2.54. The van der Waals surface area contributed by atoms with Crippen LogP contribution < -0.4 is 16.0 Å². The number of halogens is 2. The molecule has 294 valence electrons. The number of carbonyl (C=O) groups is 4. The minimum atomic E-state index is -0.996. The normalized spacial score (nSPS) is 17.8. The molecule has 5 aromatic rings. The predicted molar refractivity (Wildman–Crippen MR) is 207 cm³/mol. The van der Waals surface area contributed by atoms with Gasteiger partial charge in [-0.1, -0.05) is 6.07 Å². The molecule has 0 bridgehead atoms. The number of benzene rings is 2. The average molecular weight is 778 g/mol. The van der Waals surface area contributed by atoms with Crippen LogP contribution in [0.4, 0.5) is 26.2 Å². The van der Waals surface area contributed by atoms with Crippen molar-refractivity contribution in [1.29, 1.82) is 0 Å². The van der Waals surface area contributed by atoms with Crippen molar-refractivity contribution in [1.82, 2.24) is 44.5 Å². The summed E-state index contributed by atoms with van der Waals surface area (Å²) in [7, 11) is 0. The second-order valence-electron chi connectivity index (χ2n) is 14.8. The van der Waals surface area contributed by atoms with Crippen LogP contribution in [0.5, 0.6) is 0 Å². The smallest absolute Gasteiger partial charge is 0.262 e. The Morgan fingerprint density at radius 1 is 0.877 bits per heavy atom. The minimum absolute atomic E-state index is 0.0311. The molecule has 0 spiro atoms. The number of nitrogens with one attached hydrogen (secondary N) is 3. The maximum absolute atomic E-state index is 15.1. The molecule has 4 amide bonds. The number of amides is 4. The third-order valence-electron chi connectivity index (χ3n) is 10.6. The van der Waals surface area contributed by atoms with Crippen LogP contribution in [0.1, 0.15) is 64.8 Å². The van der Waals surface area contributed by atoms with Crippen LogP contribution in [-0.2, 0) is 16.1 Å². The number of pyridine rings is 1. The SMILES string of the molecule is Cc1nc2c(F)cc(-c3nc(Nc4ccc(CN5CCN(CCNc6ccc7c(c6)C(=O)N(C6CCC(=O)NC6=O)C7=O)CC5)cn4)ncc3F)cc2n1C(C)C. The zero-order valence-corrected chi connectivity index (χ0v) is 31.7. The van der Waals surface area contributed by atoms with E-state index in [9.17, 15) is 19.2 Å². The molecule has 1 unspecified atom stereocenters. The Hall–Kier alpha value is -6.20. The van der Waals surface area contributed by atoms with E-state index in [0.717, 1.165) is 55.9 Å². The molecule has 2 fully saturated rings. The maximum atomic E-state index is 15.1. The van der Waals surface area contributed by atoms with Crippen molar-refractivity contribution >= 4 is 52.1 Å². The van der Waals surface area contributed by atoms with Gasteiger partial charge in [-0.05, 0) is 69.2 Å². The van der Waals surface area contributed by atoms with Gasteiger partial charge in [0.1, 0.15) is 28.9 Å². The van der Waals surface area contributed by atoms with Crippen molar-refractivity contribution in [2.24, 2.45) is 0 Å². The Morgan fingerprint density at radius 3 is 2.39 bits per heavy atom. The Kier molecular flexibility index (Phi) is 10.2. The monoisotopic (exact) mass is 777 g/mol. The highest BCUT2D eigenvalue weighted by Gasteiger charge is 2.44. The van der Waals surface area contributed by atoms with Crippen LogP contribution >= 0.6 is 0 Å². The highest BCUT2D eigenvalue weighted by Crippen LogP contribution is 2.32. The fourth-order valence-electron chi connectivity index (χ4n) is 7.76. The zero-order chi connectivity index (χ0) is 40.0. The highest BCUT2D eigenvalue weighted by molar-refractivity contribution is 6.23. The summed E-state index contributed by atoms with van der Waals surface area (Å²) in [5.41, 5.74) is 3.26. The summed E-state index contributed by atoms with van der Waals surface area (Å²) in [6.07, 6.45) is 3.02. The molecule has 2 saturated heterocycles. The first-order valence-electron chi connectivity index (χ1n) is 18.9. The molecule has 3 aromatic heterocycles. The number of hydrogen-bond donors (Lipinski definition) is 3. The molecule has 0 aliphatic carbocycles. The Morgan fingerprint density at radius 2 is 1.65 bits per heavy atom. The standard InChI is InChI=1S/C40H41F2N11O4/c1-22(2)52-23(3)46-36-29(41)16-25(17-32(36)52)35-30(42)20-45-40(49-35)47-33-8-4-24(19-44-33)21-51-14-12-50(13-15-51)11-10-43-26-5-6-27-28(18-26)39(57)53(38(27)56)31-7-9-34(54)48-37(31)55/h4-6,8,16-20,22,31,43H,7,9-15,21H2,1-3H3,(H,48,54,55)(H,44,45,47,49). The number of rotatable bonds is 11. The van der Waals surface area contributed by atoms with Crippen LogP contribution in [0.3, 0.4) is 0 Å². The molecule has 15 nitrogen and oxygen atoms in total. The summed E-state index contributed by atoms with van der Waals surface area (Å²) >= 11 is 0. The molecular weight excluding hydrogens is 737 g/mol. The Labute approximate surface area is 326 Å². The van der Waals surface area contributed by atoms with Gasteiger partial charge in [0.2, 0.25) is 17.8 Å². The third kappa shape index (κ3) is 7.55. The number of piperazine rings is 1. The van der Waals surface area contributed by atoms with Gasteiger partial charge in [-0.2, -0.15) is 0 Å². The number of imide groups is 2. The highest BCUT2D eigenvalue weighted by atomic mass is 19.1. The Bertz CT molecular complexity index is 2410. The zero-order valence-electron chi connectivity index (χ0n) is 31.7. The molecule has 3 N–H and O–H groups in total. The van der Waals surface area contributed by atoms with Gasteiger partial charge in [-0.15, -0.1) is 0 Å². The van der Waals surface area contributed by atoms with Crippen LogP contribution in [0.15, 0.2) is 54.9 Å². The van der Waals surface area contributed by atoms with Crippen molar-refractivity contribution in [3.63, 3.8) is 0 Å².